The number of amides is 1. The number of hydrogen-bond acceptors (Lipinski definition) is 4. The molecule has 2 aromatic carbocycles. The van der Waals surface area contributed by atoms with E-state index in [1.807, 2.05) is 19.1 Å². The predicted molar refractivity (Wildman–Crippen MR) is 90.7 cm³/mol. The van der Waals surface area contributed by atoms with Crippen LogP contribution in [0.1, 0.15) is 21.5 Å². The van der Waals surface area contributed by atoms with Gasteiger partial charge in [0, 0.05) is 5.69 Å². The van der Waals surface area contributed by atoms with Gasteiger partial charge in [-0.1, -0.05) is 29.8 Å². The number of benzene rings is 2. The highest BCUT2D eigenvalue weighted by Crippen LogP contribution is 2.12. The van der Waals surface area contributed by atoms with Crippen LogP contribution in [0.25, 0.3) is 0 Å². The highest BCUT2D eigenvalue weighted by Gasteiger charge is 2.18. The summed E-state index contributed by atoms with van der Waals surface area (Å²) in [6.07, 6.45) is 0. The molecule has 0 atom stereocenters. The largest absolute Gasteiger partial charge is 0.478 e. The Hall–Kier alpha value is -2.67. The Kier molecular flexibility index (Phi) is 5.35. The summed E-state index contributed by atoms with van der Waals surface area (Å²) < 4.78 is 24.3. The molecule has 24 heavy (non-hydrogen) atoms. The number of nitrogens with one attached hydrogen (secondary N) is 1. The molecule has 0 aliphatic heterocycles. The van der Waals surface area contributed by atoms with Gasteiger partial charge < -0.3 is 10.4 Å². The van der Waals surface area contributed by atoms with Crippen LogP contribution < -0.4 is 5.32 Å². The third-order valence-corrected chi connectivity index (χ3v) is 4.72. The van der Waals surface area contributed by atoms with E-state index in [2.05, 4.69) is 5.32 Å². The number of anilines is 1. The van der Waals surface area contributed by atoms with Gasteiger partial charge in [0.05, 0.1) is 11.3 Å². The minimum Gasteiger partial charge on any atom is -0.478 e. The SMILES string of the molecule is Cc1ccc(NC(=O)CS(=O)(=O)Cc2cccc(C(=O)O)c2)cc1. The molecule has 0 aliphatic carbocycles. The third-order valence-electron chi connectivity index (χ3n) is 3.25. The van der Waals surface area contributed by atoms with Crippen molar-refractivity contribution in [3.05, 3.63) is 65.2 Å². The Morgan fingerprint density at radius 2 is 1.75 bits per heavy atom. The standard InChI is InChI=1S/C17H17NO5S/c1-12-5-7-15(8-6-12)18-16(19)11-24(22,23)10-13-3-2-4-14(9-13)17(20)21/h2-9H,10-11H2,1H3,(H,18,19)(H,20,21). The third kappa shape index (κ3) is 5.20. The molecular formula is C17H17NO5S. The van der Waals surface area contributed by atoms with Crippen molar-refractivity contribution < 1.29 is 23.1 Å². The van der Waals surface area contributed by atoms with Crippen molar-refractivity contribution in [3.63, 3.8) is 0 Å². The number of aryl methyl sites for hydroxylation is 1. The fraction of sp³-hybridized carbons (Fsp3) is 0.176. The highest BCUT2D eigenvalue weighted by atomic mass is 32.2. The van der Waals surface area contributed by atoms with E-state index in [0.717, 1.165) is 5.56 Å². The van der Waals surface area contributed by atoms with Gasteiger partial charge in [-0.3, -0.25) is 4.79 Å². The van der Waals surface area contributed by atoms with Crippen LogP contribution in [0.3, 0.4) is 0 Å². The van der Waals surface area contributed by atoms with E-state index in [1.54, 1.807) is 12.1 Å². The van der Waals surface area contributed by atoms with Gasteiger partial charge in [-0.15, -0.1) is 0 Å². The minimum absolute atomic E-state index is 0.00630. The van der Waals surface area contributed by atoms with Crippen LogP contribution in [0.2, 0.25) is 0 Å². The van der Waals surface area contributed by atoms with Gasteiger partial charge in [0.25, 0.3) is 0 Å². The van der Waals surface area contributed by atoms with Gasteiger partial charge in [0.2, 0.25) is 5.91 Å². The molecule has 2 N–H and O–H groups in total. The van der Waals surface area contributed by atoms with Gasteiger partial charge >= 0.3 is 5.97 Å². The van der Waals surface area contributed by atoms with E-state index in [0.29, 0.717) is 11.3 Å². The zero-order chi connectivity index (χ0) is 17.7. The second kappa shape index (κ2) is 7.27. The monoisotopic (exact) mass is 347 g/mol. The lowest BCUT2D eigenvalue weighted by molar-refractivity contribution is -0.113. The normalized spacial score (nSPS) is 11.0. The fourth-order valence-electron chi connectivity index (χ4n) is 2.13. The van der Waals surface area contributed by atoms with E-state index >= 15 is 0 Å². The summed E-state index contributed by atoms with van der Waals surface area (Å²) in [6.45, 7) is 1.90. The second-order valence-electron chi connectivity index (χ2n) is 5.45. The first-order valence-electron chi connectivity index (χ1n) is 7.14. The van der Waals surface area contributed by atoms with E-state index in [1.165, 1.54) is 24.3 Å². The number of carbonyl (C=O) groups excluding carboxylic acids is 1. The summed E-state index contributed by atoms with van der Waals surface area (Å²) in [5, 5.41) is 11.5. The molecule has 7 heteroatoms. The number of carboxylic acids is 1. The summed E-state index contributed by atoms with van der Waals surface area (Å²) in [5.74, 6) is -2.83. The summed E-state index contributed by atoms with van der Waals surface area (Å²) in [7, 11) is -3.71. The lowest BCUT2D eigenvalue weighted by Gasteiger charge is -2.07. The number of rotatable bonds is 6. The molecule has 0 fully saturated rings. The fourth-order valence-corrected chi connectivity index (χ4v) is 3.39. The molecule has 0 radical (unpaired) electrons. The summed E-state index contributed by atoms with van der Waals surface area (Å²) >= 11 is 0. The molecule has 126 valence electrons. The van der Waals surface area contributed by atoms with Crippen LogP contribution >= 0.6 is 0 Å². The van der Waals surface area contributed by atoms with Crippen molar-refractivity contribution in [1.82, 2.24) is 0 Å². The zero-order valence-electron chi connectivity index (χ0n) is 13.0. The number of carboxylic acid groups (broad SMARTS) is 1. The highest BCUT2D eigenvalue weighted by molar-refractivity contribution is 7.91. The Balaban J connectivity index is 2.02. The second-order valence-corrected chi connectivity index (χ2v) is 7.52. The molecule has 0 spiro atoms. The molecular weight excluding hydrogens is 330 g/mol. The van der Waals surface area contributed by atoms with Crippen molar-refractivity contribution in [3.8, 4) is 0 Å². The predicted octanol–water partition coefficient (Wildman–Crippen LogP) is 2.25. The van der Waals surface area contributed by atoms with E-state index in [4.69, 9.17) is 5.11 Å². The van der Waals surface area contributed by atoms with Gasteiger partial charge in [-0.05, 0) is 36.8 Å². The van der Waals surface area contributed by atoms with E-state index in [9.17, 15) is 18.0 Å². The summed E-state index contributed by atoms with van der Waals surface area (Å²) in [6, 6.07) is 12.7. The van der Waals surface area contributed by atoms with Gasteiger partial charge in [-0.2, -0.15) is 0 Å². The average molecular weight is 347 g/mol. The van der Waals surface area contributed by atoms with Crippen molar-refractivity contribution >= 4 is 27.4 Å². The molecule has 0 aromatic heterocycles. The van der Waals surface area contributed by atoms with Gasteiger partial charge in [-0.25, -0.2) is 13.2 Å². The topological polar surface area (TPSA) is 101 Å². The summed E-state index contributed by atoms with van der Waals surface area (Å²) in [4.78, 5) is 22.8. The number of carbonyl (C=O) groups is 2. The lowest BCUT2D eigenvalue weighted by Crippen LogP contribution is -2.24. The van der Waals surface area contributed by atoms with Gasteiger partial charge in [0.1, 0.15) is 5.75 Å². The first-order valence-corrected chi connectivity index (χ1v) is 8.96. The molecule has 6 nitrogen and oxygen atoms in total. The molecule has 0 heterocycles. The molecule has 0 unspecified atom stereocenters. The van der Waals surface area contributed by atoms with Gasteiger partial charge in [0.15, 0.2) is 9.84 Å². The Labute approximate surface area is 140 Å². The maximum absolute atomic E-state index is 12.1. The maximum Gasteiger partial charge on any atom is 0.335 e. The van der Waals surface area contributed by atoms with Crippen LogP contribution in [0.5, 0.6) is 0 Å². The van der Waals surface area contributed by atoms with Crippen LogP contribution in [0.4, 0.5) is 5.69 Å². The van der Waals surface area contributed by atoms with Crippen LogP contribution in [0, 0.1) is 6.92 Å². The van der Waals surface area contributed by atoms with Crippen molar-refractivity contribution in [2.45, 2.75) is 12.7 Å². The van der Waals surface area contributed by atoms with Crippen molar-refractivity contribution in [1.29, 1.82) is 0 Å². The number of hydrogen-bond donors (Lipinski definition) is 2. The smallest absolute Gasteiger partial charge is 0.335 e. The van der Waals surface area contributed by atoms with E-state index < -0.39 is 33.2 Å². The number of aromatic carboxylic acids is 1. The molecule has 0 saturated heterocycles. The zero-order valence-corrected chi connectivity index (χ0v) is 13.8. The molecule has 0 saturated carbocycles. The maximum atomic E-state index is 12.1. The first kappa shape index (κ1) is 17.7. The van der Waals surface area contributed by atoms with Crippen LogP contribution in [-0.4, -0.2) is 31.2 Å². The van der Waals surface area contributed by atoms with Crippen molar-refractivity contribution in [2.75, 3.05) is 11.1 Å². The molecule has 2 rings (SSSR count). The molecule has 0 aliphatic rings. The quantitative estimate of drug-likeness (QED) is 0.835. The van der Waals surface area contributed by atoms with E-state index in [-0.39, 0.29) is 5.56 Å². The summed E-state index contributed by atoms with van der Waals surface area (Å²) in [5.41, 5.74) is 1.89. The number of sulfone groups is 1. The molecule has 1 amide bonds. The van der Waals surface area contributed by atoms with Crippen LogP contribution in [0.15, 0.2) is 48.5 Å². The first-order chi connectivity index (χ1) is 11.2. The Bertz CT molecular complexity index is 857. The average Bonchev–Trinajstić information content (AvgIpc) is 2.48. The Morgan fingerprint density at radius 1 is 1.08 bits per heavy atom. The molecule has 0 bridgehead atoms. The van der Waals surface area contributed by atoms with Crippen molar-refractivity contribution in [2.24, 2.45) is 0 Å². The molecule has 2 aromatic rings. The lowest BCUT2D eigenvalue weighted by atomic mass is 10.1. The Morgan fingerprint density at radius 3 is 2.38 bits per heavy atom. The van der Waals surface area contributed by atoms with Crippen LogP contribution in [-0.2, 0) is 20.4 Å². The minimum atomic E-state index is -3.71.